The third-order valence-corrected chi connectivity index (χ3v) is 2.85. The number of hydrogen-bond acceptors (Lipinski definition) is 3. The summed E-state index contributed by atoms with van der Waals surface area (Å²) in [5.41, 5.74) is 7.48. The lowest BCUT2D eigenvalue weighted by molar-refractivity contribution is -0.117. The van der Waals surface area contributed by atoms with Crippen molar-refractivity contribution >= 4 is 23.2 Å². The molecule has 0 saturated heterocycles. The van der Waals surface area contributed by atoms with E-state index in [2.05, 4.69) is 10.3 Å². The molecule has 2 aromatic rings. The molecule has 0 fully saturated rings. The van der Waals surface area contributed by atoms with Crippen molar-refractivity contribution in [2.24, 2.45) is 5.73 Å². The molecule has 1 aromatic heterocycles. The number of nitrogens with two attached hydrogens (primary N) is 1. The van der Waals surface area contributed by atoms with Gasteiger partial charge < -0.3 is 11.1 Å². The van der Waals surface area contributed by atoms with Gasteiger partial charge in [-0.1, -0.05) is 41.9 Å². The van der Waals surface area contributed by atoms with E-state index in [1.165, 1.54) is 6.20 Å². The number of rotatable bonds is 4. The minimum atomic E-state index is -0.599. The third kappa shape index (κ3) is 4.05. The van der Waals surface area contributed by atoms with Crippen LogP contribution in [0, 0.1) is 0 Å². The van der Waals surface area contributed by atoms with Crippen molar-refractivity contribution in [3.63, 3.8) is 0 Å². The first kappa shape index (κ1) is 13.5. The SMILES string of the molecule is N[C@H](Cc1ccccc1)C(=O)Nc1ccc(Cl)nc1. The van der Waals surface area contributed by atoms with Gasteiger partial charge in [0, 0.05) is 0 Å². The molecule has 4 nitrogen and oxygen atoms in total. The molecule has 1 heterocycles. The van der Waals surface area contributed by atoms with Gasteiger partial charge in [0.25, 0.3) is 0 Å². The Bertz CT molecular complexity index is 542. The van der Waals surface area contributed by atoms with Gasteiger partial charge in [-0.2, -0.15) is 0 Å². The first-order valence-electron chi connectivity index (χ1n) is 5.87. The Hall–Kier alpha value is -1.91. The maximum Gasteiger partial charge on any atom is 0.241 e. The van der Waals surface area contributed by atoms with Gasteiger partial charge in [-0.15, -0.1) is 0 Å². The van der Waals surface area contributed by atoms with E-state index in [1.807, 2.05) is 30.3 Å². The quantitative estimate of drug-likeness (QED) is 0.841. The zero-order valence-corrected chi connectivity index (χ0v) is 11.0. The molecule has 2 rings (SSSR count). The van der Waals surface area contributed by atoms with Crippen LogP contribution in [0.25, 0.3) is 0 Å². The molecule has 5 heteroatoms. The van der Waals surface area contributed by atoms with Gasteiger partial charge in [0.2, 0.25) is 5.91 Å². The number of carbonyl (C=O) groups excluding carboxylic acids is 1. The lowest BCUT2D eigenvalue weighted by Gasteiger charge is -2.12. The number of amides is 1. The predicted molar refractivity (Wildman–Crippen MR) is 76.0 cm³/mol. The van der Waals surface area contributed by atoms with E-state index >= 15 is 0 Å². The van der Waals surface area contributed by atoms with E-state index in [1.54, 1.807) is 12.1 Å². The highest BCUT2D eigenvalue weighted by molar-refractivity contribution is 6.29. The van der Waals surface area contributed by atoms with Gasteiger partial charge in [0.15, 0.2) is 0 Å². The number of aromatic nitrogens is 1. The Labute approximate surface area is 116 Å². The summed E-state index contributed by atoms with van der Waals surface area (Å²) in [6, 6.07) is 12.3. The number of halogens is 1. The summed E-state index contributed by atoms with van der Waals surface area (Å²) in [6.07, 6.45) is 1.99. The number of nitrogens with one attached hydrogen (secondary N) is 1. The van der Waals surface area contributed by atoms with Crippen LogP contribution in [0.3, 0.4) is 0 Å². The van der Waals surface area contributed by atoms with Crippen molar-refractivity contribution in [3.05, 3.63) is 59.4 Å². The summed E-state index contributed by atoms with van der Waals surface area (Å²) in [7, 11) is 0. The standard InChI is InChI=1S/C14H14ClN3O/c15-13-7-6-11(9-17-13)18-14(19)12(16)8-10-4-2-1-3-5-10/h1-7,9,12H,8,16H2,(H,18,19)/t12-/m1/s1. The molecule has 0 unspecified atom stereocenters. The Morgan fingerprint density at radius 3 is 2.63 bits per heavy atom. The number of benzene rings is 1. The molecule has 1 atom stereocenters. The topological polar surface area (TPSA) is 68.0 Å². The maximum atomic E-state index is 11.9. The van der Waals surface area contributed by atoms with Gasteiger partial charge in [-0.25, -0.2) is 4.98 Å². The third-order valence-electron chi connectivity index (χ3n) is 2.63. The fraction of sp³-hybridized carbons (Fsp3) is 0.143. The molecule has 1 amide bonds. The highest BCUT2D eigenvalue weighted by atomic mass is 35.5. The van der Waals surface area contributed by atoms with Crippen molar-refractivity contribution in [2.45, 2.75) is 12.5 Å². The molecule has 19 heavy (non-hydrogen) atoms. The highest BCUT2D eigenvalue weighted by Crippen LogP contribution is 2.10. The molecule has 0 bridgehead atoms. The Morgan fingerprint density at radius 2 is 2.00 bits per heavy atom. The van der Waals surface area contributed by atoms with Crippen LogP contribution >= 0.6 is 11.6 Å². The van der Waals surface area contributed by atoms with E-state index in [0.717, 1.165) is 5.56 Å². The van der Waals surface area contributed by atoms with E-state index < -0.39 is 6.04 Å². The highest BCUT2D eigenvalue weighted by Gasteiger charge is 2.14. The second kappa shape index (κ2) is 6.31. The molecule has 0 radical (unpaired) electrons. The largest absolute Gasteiger partial charge is 0.323 e. The number of anilines is 1. The van der Waals surface area contributed by atoms with Crippen LogP contribution in [0.4, 0.5) is 5.69 Å². The van der Waals surface area contributed by atoms with Crippen LogP contribution in [0.5, 0.6) is 0 Å². The van der Waals surface area contributed by atoms with Gasteiger partial charge in [-0.3, -0.25) is 4.79 Å². The Morgan fingerprint density at radius 1 is 1.26 bits per heavy atom. The average Bonchev–Trinajstić information content (AvgIpc) is 2.42. The van der Waals surface area contributed by atoms with Gasteiger partial charge in [0.05, 0.1) is 17.9 Å². The molecule has 1 aromatic carbocycles. The molecule has 0 saturated carbocycles. The summed E-state index contributed by atoms with van der Waals surface area (Å²) < 4.78 is 0. The molecule has 3 N–H and O–H groups in total. The summed E-state index contributed by atoms with van der Waals surface area (Å²) in [4.78, 5) is 15.8. The molecule has 0 spiro atoms. The molecular formula is C14H14ClN3O. The minimum absolute atomic E-state index is 0.243. The zero-order chi connectivity index (χ0) is 13.7. The van der Waals surface area contributed by atoms with Crippen LogP contribution in [0.1, 0.15) is 5.56 Å². The first-order chi connectivity index (χ1) is 9.15. The molecule has 0 aliphatic rings. The van der Waals surface area contributed by atoms with E-state index in [0.29, 0.717) is 17.3 Å². The lowest BCUT2D eigenvalue weighted by atomic mass is 10.1. The van der Waals surface area contributed by atoms with Crippen LogP contribution in [0.15, 0.2) is 48.7 Å². The van der Waals surface area contributed by atoms with Crippen molar-refractivity contribution in [1.82, 2.24) is 4.98 Å². The van der Waals surface area contributed by atoms with Crippen molar-refractivity contribution < 1.29 is 4.79 Å². The van der Waals surface area contributed by atoms with Crippen LogP contribution in [-0.4, -0.2) is 16.9 Å². The van der Waals surface area contributed by atoms with Gasteiger partial charge >= 0.3 is 0 Å². The van der Waals surface area contributed by atoms with Gasteiger partial charge in [-0.05, 0) is 24.1 Å². The van der Waals surface area contributed by atoms with E-state index in [-0.39, 0.29) is 5.91 Å². The summed E-state index contributed by atoms with van der Waals surface area (Å²) in [5, 5.41) is 3.09. The van der Waals surface area contributed by atoms with Crippen molar-refractivity contribution in [3.8, 4) is 0 Å². The molecule has 0 aliphatic heterocycles. The summed E-state index contributed by atoms with van der Waals surface area (Å²) >= 11 is 5.67. The van der Waals surface area contributed by atoms with Crippen LogP contribution < -0.4 is 11.1 Å². The molecule has 98 valence electrons. The molecule has 0 aliphatic carbocycles. The smallest absolute Gasteiger partial charge is 0.241 e. The monoisotopic (exact) mass is 275 g/mol. The number of carbonyl (C=O) groups is 1. The summed E-state index contributed by atoms with van der Waals surface area (Å²) in [6.45, 7) is 0. The maximum absolute atomic E-state index is 11.9. The first-order valence-corrected chi connectivity index (χ1v) is 6.25. The number of hydrogen-bond donors (Lipinski definition) is 2. The van der Waals surface area contributed by atoms with Gasteiger partial charge in [0.1, 0.15) is 5.15 Å². The second-order valence-corrected chi connectivity index (χ2v) is 4.54. The Kier molecular flexibility index (Phi) is 4.49. The molecular weight excluding hydrogens is 262 g/mol. The van der Waals surface area contributed by atoms with E-state index in [9.17, 15) is 4.79 Å². The Balaban J connectivity index is 1.94. The van der Waals surface area contributed by atoms with E-state index in [4.69, 9.17) is 17.3 Å². The number of pyridine rings is 1. The average molecular weight is 276 g/mol. The normalized spacial score (nSPS) is 11.9. The summed E-state index contributed by atoms with van der Waals surface area (Å²) in [5.74, 6) is -0.243. The van der Waals surface area contributed by atoms with Crippen LogP contribution in [-0.2, 0) is 11.2 Å². The van der Waals surface area contributed by atoms with Crippen molar-refractivity contribution in [2.75, 3.05) is 5.32 Å². The van der Waals surface area contributed by atoms with Crippen molar-refractivity contribution in [1.29, 1.82) is 0 Å². The number of nitrogens with zero attached hydrogens (tertiary/aromatic N) is 1. The lowest BCUT2D eigenvalue weighted by Crippen LogP contribution is -2.37. The predicted octanol–water partition coefficient (Wildman–Crippen LogP) is 2.24. The fourth-order valence-corrected chi connectivity index (χ4v) is 1.76. The second-order valence-electron chi connectivity index (χ2n) is 4.16. The fourth-order valence-electron chi connectivity index (χ4n) is 1.65. The zero-order valence-electron chi connectivity index (χ0n) is 10.2. The minimum Gasteiger partial charge on any atom is -0.323 e. The van der Waals surface area contributed by atoms with Crippen LogP contribution in [0.2, 0.25) is 5.15 Å².